The molecule has 1 N–H and O–H groups in total. The van der Waals surface area contributed by atoms with Crippen molar-refractivity contribution in [3.8, 4) is 0 Å². The van der Waals surface area contributed by atoms with Crippen molar-refractivity contribution in [2.75, 3.05) is 23.4 Å². The number of hydrogen-bond acceptors (Lipinski definition) is 6. The van der Waals surface area contributed by atoms with Gasteiger partial charge in [-0.3, -0.25) is 4.79 Å². The Bertz CT molecular complexity index is 1180. The molecular weight excluding hydrogens is 413 g/mol. The zero-order valence-electron chi connectivity index (χ0n) is 17.7. The lowest BCUT2D eigenvalue weighted by Crippen LogP contribution is -2.41. The number of para-hydroxylation sites is 1. The second-order valence-electron chi connectivity index (χ2n) is 7.15. The first-order chi connectivity index (χ1) is 15.5. The Hall–Kier alpha value is -4.01. The third-order valence-electron chi connectivity index (χ3n) is 5.17. The fourth-order valence-electron chi connectivity index (χ4n) is 3.73. The number of carbonyl (C=O) groups is 2. The zero-order valence-corrected chi connectivity index (χ0v) is 17.7. The fourth-order valence-corrected chi connectivity index (χ4v) is 3.73. The first-order valence-corrected chi connectivity index (χ1v) is 10.2. The predicted molar refractivity (Wildman–Crippen MR) is 116 cm³/mol. The Balaban J connectivity index is 1.73. The Morgan fingerprint density at radius 3 is 2.56 bits per heavy atom. The molecule has 0 fully saturated rings. The van der Waals surface area contributed by atoms with Gasteiger partial charge in [-0.25, -0.2) is 13.9 Å². The van der Waals surface area contributed by atoms with Crippen molar-refractivity contribution in [3.05, 3.63) is 83.6 Å². The van der Waals surface area contributed by atoms with Crippen LogP contribution < -0.4 is 10.2 Å². The summed E-state index contributed by atoms with van der Waals surface area (Å²) in [6, 6.07) is 14.8. The average Bonchev–Trinajstić information content (AvgIpc) is 3.27. The van der Waals surface area contributed by atoms with Crippen LogP contribution in [-0.4, -0.2) is 39.8 Å². The highest BCUT2D eigenvalue weighted by Gasteiger charge is 2.38. The largest absolute Gasteiger partial charge is 0.463 e. The summed E-state index contributed by atoms with van der Waals surface area (Å²) in [6.07, 6.45) is 1.37. The number of nitrogens with one attached hydrogen (secondary N) is 1. The number of carbonyl (C=O) groups excluding carboxylic acids is 2. The summed E-state index contributed by atoms with van der Waals surface area (Å²) in [6.45, 7) is 3.48. The van der Waals surface area contributed by atoms with Gasteiger partial charge in [0.05, 0.1) is 17.9 Å². The zero-order chi connectivity index (χ0) is 22.7. The minimum Gasteiger partial charge on any atom is -0.463 e. The lowest BCUT2D eigenvalue weighted by molar-refractivity contribution is -0.139. The summed E-state index contributed by atoms with van der Waals surface area (Å²) >= 11 is 0. The average molecular weight is 435 g/mol. The van der Waals surface area contributed by atoms with Crippen LogP contribution in [0.1, 0.15) is 25.5 Å². The second kappa shape index (κ2) is 9.01. The monoisotopic (exact) mass is 435 g/mol. The summed E-state index contributed by atoms with van der Waals surface area (Å²) in [5.41, 5.74) is 1.78. The number of benzene rings is 2. The van der Waals surface area contributed by atoms with Gasteiger partial charge in [0.15, 0.2) is 0 Å². The summed E-state index contributed by atoms with van der Waals surface area (Å²) in [5.74, 6) is -1.11. The molecule has 0 aliphatic carbocycles. The SMILES string of the molecule is CCOC(=O)C1=C(C)N(CC(=O)Nc2ccccc2F)c2ncnn2C1c1ccccc1. The van der Waals surface area contributed by atoms with Gasteiger partial charge < -0.3 is 15.0 Å². The predicted octanol–water partition coefficient (Wildman–Crippen LogP) is 3.30. The molecule has 1 aliphatic heterocycles. The minimum absolute atomic E-state index is 0.0744. The topological polar surface area (TPSA) is 89.3 Å². The number of ether oxygens (including phenoxy) is 1. The number of aromatic nitrogens is 3. The van der Waals surface area contributed by atoms with Crippen LogP contribution in [0.2, 0.25) is 0 Å². The van der Waals surface area contributed by atoms with Gasteiger partial charge in [0, 0.05) is 5.70 Å². The Kier molecular flexibility index (Phi) is 5.98. The van der Waals surface area contributed by atoms with Gasteiger partial charge in [-0.15, -0.1) is 0 Å². The number of allylic oxidation sites excluding steroid dienone is 1. The molecule has 0 saturated carbocycles. The number of fused-ring (bicyclic) bond motifs is 1. The number of rotatable bonds is 6. The van der Waals surface area contributed by atoms with Gasteiger partial charge in [-0.1, -0.05) is 42.5 Å². The summed E-state index contributed by atoms with van der Waals surface area (Å²) in [7, 11) is 0. The molecule has 3 aromatic rings. The van der Waals surface area contributed by atoms with E-state index in [0.717, 1.165) is 5.56 Å². The summed E-state index contributed by atoms with van der Waals surface area (Å²) in [5, 5.41) is 6.89. The molecule has 1 aliphatic rings. The molecule has 2 heterocycles. The van der Waals surface area contributed by atoms with E-state index in [2.05, 4.69) is 15.4 Å². The maximum absolute atomic E-state index is 14.0. The summed E-state index contributed by atoms with van der Waals surface area (Å²) < 4.78 is 20.9. The number of hydrogen-bond donors (Lipinski definition) is 1. The van der Waals surface area contributed by atoms with Crippen LogP contribution in [0.15, 0.2) is 72.2 Å². The smallest absolute Gasteiger partial charge is 0.338 e. The van der Waals surface area contributed by atoms with E-state index in [0.29, 0.717) is 17.2 Å². The highest BCUT2D eigenvalue weighted by Crippen LogP contribution is 2.38. The van der Waals surface area contributed by atoms with E-state index in [1.807, 2.05) is 30.3 Å². The van der Waals surface area contributed by atoms with Gasteiger partial charge >= 0.3 is 5.97 Å². The molecule has 4 rings (SSSR count). The Morgan fingerprint density at radius 1 is 1.12 bits per heavy atom. The molecule has 2 aromatic carbocycles. The van der Waals surface area contributed by atoms with Crippen molar-refractivity contribution >= 4 is 23.5 Å². The van der Waals surface area contributed by atoms with Gasteiger partial charge in [0.2, 0.25) is 11.9 Å². The number of amides is 1. The van der Waals surface area contributed by atoms with Crippen molar-refractivity contribution in [3.63, 3.8) is 0 Å². The van der Waals surface area contributed by atoms with Crippen molar-refractivity contribution in [1.82, 2.24) is 14.8 Å². The van der Waals surface area contributed by atoms with Crippen LogP contribution in [0.3, 0.4) is 0 Å². The van der Waals surface area contributed by atoms with E-state index in [-0.39, 0.29) is 18.8 Å². The maximum Gasteiger partial charge on any atom is 0.338 e. The fraction of sp³-hybridized carbons (Fsp3) is 0.217. The van der Waals surface area contributed by atoms with Gasteiger partial charge in [0.25, 0.3) is 0 Å². The second-order valence-corrected chi connectivity index (χ2v) is 7.15. The molecule has 1 amide bonds. The maximum atomic E-state index is 14.0. The first kappa shape index (κ1) is 21.2. The third-order valence-corrected chi connectivity index (χ3v) is 5.17. The van der Waals surface area contributed by atoms with Crippen LogP contribution in [0.4, 0.5) is 16.0 Å². The van der Waals surface area contributed by atoms with E-state index in [1.54, 1.807) is 35.6 Å². The highest BCUT2D eigenvalue weighted by molar-refractivity contribution is 5.96. The van der Waals surface area contributed by atoms with Crippen molar-refractivity contribution in [2.45, 2.75) is 19.9 Å². The van der Waals surface area contributed by atoms with E-state index < -0.39 is 23.7 Å². The van der Waals surface area contributed by atoms with Crippen LogP contribution in [0.25, 0.3) is 0 Å². The minimum atomic E-state index is -0.557. The lowest BCUT2D eigenvalue weighted by atomic mass is 9.95. The number of nitrogens with zero attached hydrogens (tertiary/aromatic N) is 4. The van der Waals surface area contributed by atoms with E-state index in [4.69, 9.17) is 4.74 Å². The Morgan fingerprint density at radius 2 is 1.84 bits per heavy atom. The molecule has 0 radical (unpaired) electrons. The number of esters is 1. The van der Waals surface area contributed by atoms with Gasteiger partial charge in [-0.05, 0) is 31.5 Å². The Labute approximate surface area is 184 Å². The van der Waals surface area contributed by atoms with Crippen molar-refractivity contribution in [1.29, 1.82) is 0 Å². The molecule has 0 bridgehead atoms. The molecule has 1 atom stereocenters. The van der Waals surface area contributed by atoms with Gasteiger partial charge in [-0.2, -0.15) is 10.1 Å². The molecule has 0 saturated heterocycles. The van der Waals surface area contributed by atoms with Crippen LogP contribution in [0, 0.1) is 5.82 Å². The molecule has 0 spiro atoms. The number of halogens is 1. The quantitative estimate of drug-likeness (QED) is 0.598. The van der Waals surface area contributed by atoms with Crippen LogP contribution >= 0.6 is 0 Å². The van der Waals surface area contributed by atoms with Crippen LogP contribution in [-0.2, 0) is 14.3 Å². The van der Waals surface area contributed by atoms with Crippen molar-refractivity contribution < 1.29 is 18.7 Å². The molecule has 32 heavy (non-hydrogen) atoms. The lowest BCUT2D eigenvalue weighted by Gasteiger charge is -2.35. The molecule has 9 heteroatoms. The first-order valence-electron chi connectivity index (χ1n) is 10.2. The van der Waals surface area contributed by atoms with E-state index >= 15 is 0 Å². The normalized spacial score (nSPS) is 15.3. The summed E-state index contributed by atoms with van der Waals surface area (Å²) in [4.78, 5) is 31.6. The number of anilines is 2. The van der Waals surface area contributed by atoms with Crippen molar-refractivity contribution in [2.24, 2.45) is 0 Å². The third kappa shape index (κ3) is 3.96. The molecular formula is C23H22FN5O3. The van der Waals surface area contributed by atoms with Gasteiger partial charge in [0.1, 0.15) is 24.7 Å². The molecule has 1 unspecified atom stereocenters. The highest BCUT2D eigenvalue weighted by atomic mass is 19.1. The standard InChI is InChI=1S/C23H22FN5O3/c1-3-32-22(31)20-15(2)28(13-19(30)27-18-12-8-7-11-17(18)24)23-25-14-26-29(23)21(20)16-9-5-4-6-10-16/h4-12,14,21H,3,13H2,1-2H3,(H,27,30). The van der Waals surface area contributed by atoms with Crippen LogP contribution in [0.5, 0.6) is 0 Å². The van der Waals surface area contributed by atoms with E-state index in [9.17, 15) is 14.0 Å². The molecule has 164 valence electrons. The molecule has 1 aromatic heterocycles. The molecule has 8 nitrogen and oxygen atoms in total. The van der Waals surface area contributed by atoms with E-state index in [1.165, 1.54) is 18.5 Å².